The van der Waals surface area contributed by atoms with E-state index in [1.165, 1.54) is 4.90 Å². The molecule has 0 unspecified atom stereocenters. The number of nitrogens with zero attached hydrogens (tertiary/aromatic N) is 3. The van der Waals surface area contributed by atoms with Gasteiger partial charge in [-0.15, -0.1) is 0 Å². The first-order valence-electron chi connectivity index (χ1n) is 8.63. The van der Waals surface area contributed by atoms with Crippen LogP contribution in [0.1, 0.15) is 18.9 Å². The lowest BCUT2D eigenvalue weighted by molar-refractivity contribution is -0.125. The number of imide groups is 1. The molecule has 3 heterocycles. The number of urea groups is 1. The highest BCUT2D eigenvalue weighted by Crippen LogP contribution is 2.24. The van der Waals surface area contributed by atoms with Gasteiger partial charge in [-0.05, 0) is 25.0 Å². The molecule has 1 aromatic heterocycles. The van der Waals surface area contributed by atoms with Crippen LogP contribution in [-0.2, 0) is 4.79 Å². The highest BCUT2D eigenvalue weighted by atomic mass is 16.2. The number of hydrogen-bond donors (Lipinski definition) is 2. The zero-order chi connectivity index (χ0) is 17.4. The number of H-pyrrole nitrogens is 1. The Kier molecular flexibility index (Phi) is 4.04. The van der Waals surface area contributed by atoms with Crippen molar-refractivity contribution in [3.8, 4) is 0 Å². The molecule has 0 radical (unpaired) electrons. The number of imidazole rings is 1. The van der Waals surface area contributed by atoms with Crippen LogP contribution in [0.5, 0.6) is 0 Å². The van der Waals surface area contributed by atoms with Crippen LogP contribution in [0.3, 0.4) is 0 Å². The standard InChI is InChI=1S/C17H21N5O3/c23-15-11-18-16(24)21(15)10-9-20-7-5-12(6-8-20)22-14-4-2-1-3-13(14)19-17(22)25/h1-4,12H,5-11H2,(H,18,24)(H,19,25). The van der Waals surface area contributed by atoms with E-state index in [2.05, 4.69) is 15.2 Å². The van der Waals surface area contributed by atoms with Crippen molar-refractivity contribution in [2.45, 2.75) is 18.9 Å². The Hall–Kier alpha value is -2.61. The van der Waals surface area contributed by atoms with Crippen molar-refractivity contribution in [2.24, 2.45) is 0 Å². The Balaban J connectivity index is 1.38. The molecule has 8 heteroatoms. The fourth-order valence-electron chi connectivity index (χ4n) is 3.76. The van der Waals surface area contributed by atoms with Crippen molar-refractivity contribution in [3.05, 3.63) is 34.7 Å². The van der Waals surface area contributed by atoms with Crippen LogP contribution >= 0.6 is 0 Å². The SMILES string of the molecule is O=C1CNC(=O)N1CCN1CCC(n2c(=O)[nH]c3ccccc32)CC1. The van der Waals surface area contributed by atoms with Crippen LogP contribution in [0.15, 0.2) is 29.1 Å². The number of amides is 3. The molecule has 1 aromatic carbocycles. The fourth-order valence-corrected chi connectivity index (χ4v) is 3.76. The second kappa shape index (κ2) is 6.36. The molecule has 2 aliphatic heterocycles. The van der Waals surface area contributed by atoms with E-state index in [1.807, 2.05) is 28.8 Å². The quantitative estimate of drug-likeness (QED) is 0.792. The summed E-state index contributed by atoms with van der Waals surface area (Å²) in [5.41, 5.74) is 1.76. The average Bonchev–Trinajstić information content (AvgIpc) is 3.12. The third-order valence-electron chi connectivity index (χ3n) is 5.12. The molecular weight excluding hydrogens is 322 g/mol. The molecule has 2 saturated heterocycles. The molecule has 0 spiro atoms. The van der Waals surface area contributed by atoms with Crippen LogP contribution in [0.4, 0.5) is 4.79 Å². The molecule has 3 amide bonds. The summed E-state index contributed by atoms with van der Waals surface area (Å²) in [6.45, 7) is 2.89. The molecular formula is C17H21N5O3. The highest BCUT2D eigenvalue weighted by Gasteiger charge is 2.29. The maximum atomic E-state index is 12.3. The van der Waals surface area contributed by atoms with E-state index in [-0.39, 0.29) is 30.2 Å². The van der Waals surface area contributed by atoms with Gasteiger partial charge in [0.25, 0.3) is 0 Å². The molecule has 2 fully saturated rings. The van der Waals surface area contributed by atoms with Crippen LogP contribution in [-0.4, -0.2) is 64.0 Å². The van der Waals surface area contributed by atoms with Crippen molar-refractivity contribution < 1.29 is 9.59 Å². The number of aromatic nitrogens is 2. The lowest BCUT2D eigenvalue weighted by Gasteiger charge is -2.33. The van der Waals surface area contributed by atoms with Gasteiger partial charge in [0.05, 0.1) is 17.6 Å². The Labute approximate surface area is 144 Å². The molecule has 0 aliphatic carbocycles. The molecule has 0 atom stereocenters. The summed E-state index contributed by atoms with van der Waals surface area (Å²) in [5.74, 6) is -0.162. The summed E-state index contributed by atoms with van der Waals surface area (Å²) in [4.78, 5) is 41.9. The van der Waals surface area contributed by atoms with Gasteiger partial charge in [0, 0.05) is 32.2 Å². The lowest BCUT2D eigenvalue weighted by atomic mass is 10.0. The van der Waals surface area contributed by atoms with Crippen LogP contribution < -0.4 is 11.0 Å². The van der Waals surface area contributed by atoms with Crippen molar-refractivity contribution in [1.29, 1.82) is 0 Å². The first-order chi connectivity index (χ1) is 12.1. The summed E-state index contributed by atoms with van der Waals surface area (Å²) in [5, 5.41) is 2.53. The second-order valence-corrected chi connectivity index (χ2v) is 6.59. The van der Waals surface area contributed by atoms with Gasteiger partial charge in [-0.3, -0.25) is 14.3 Å². The van der Waals surface area contributed by atoms with Crippen molar-refractivity contribution in [3.63, 3.8) is 0 Å². The number of carbonyl (C=O) groups is 2. The summed E-state index contributed by atoms with van der Waals surface area (Å²) < 4.78 is 1.87. The van der Waals surface area contributed by atoms with Gasteiger partial charge in [-0.2, -0.15) is 0 Å². The number of hydrogen-bond acceptors (Lipinski definition) is 4. The minimum atomic E-state index is -0.301. The van der Waals surface area contributed by atoms with Crippen LogP contribution in [0.25, 0.3) is 11.0 Å². The van der Waals surface area contributed by atoms with Gasteiger partial charge in [0.1, 0.15) is 0 Å². The Morgan fingerprint density at radius 2 is 1.80 bits per heavy atom. The van der Waals surface area contributed by atoms with E-state index in [0.717, 1.165) is 37.0 Å². The van der Waals surface area contributed by atoms with Gasteiger partial charge in [0.15, 0.2) is 0 Å². The maximum Gasteiger partial charge on any atom is 0.326 e. The predicted octanol–water partition coefficient (Wildman–Crippen LogP) is 0.518. The topological polar surface area (TPSA) is 90.4 Å². The zero-order valence-electron chi connectivity index (χ0n) is 13.9. The smallest absolute Gasteiger partial charge is 0.326 e. The number of aromatic amines is 1. The zero-order valence-corrected chi connectivity index (χ0v) is 13.9. The van der Waals surface area contributed by atoms with Gasteiger partial charge in [0.2, 0.25) is 5.91 Å². The summed E-state index contributed by atoms with van der Waals surface area (Å²) in [6, 6.07) is 7.62. The van der Waals surface area contributed by atoms with E-state index >= 15 is 0 Å². The number of benzene rings is 1. The van der Waals surface area contributed by atoms with Gasteiger partial charge in [-0.25, -0.2) is 9.59 Å². The number of likely N-dealkylation sites (tertiary alicyclic amines) is 1. The van der Waals surface area contributed by atoms with E-state index in [1.54, 1.807) is 0 Å². The molecule has 2 N–H and O–H groups in total. The maximum absolute atomic E-state index is 12.3. The van der Waals surface area contributed by atoms with Crippen LogP contribution in [0, 0.1) is 0 Å². The molecule has 2 aromatic rings. The van der Waals surface area contributed by atoms with Gasteiger partial charge in [-0.1, -0.05) is 12.1 Å². The third-order valence-corrected chi connectivity index (χ3v) is 5.12. The normalized spacial score (nSPS) is 19.8. The van der Waals surface area contributed by atoms with Gasteiger partial charge < -0.3 is 15.2 Å². The lowest BCUT2D eigenvalue weighted by Crippen LogP contribution is -2.42. The second-order valence-electron chi connectivity index (χ2n) is 6.59. The Morgan fingerprint density at radius 1 is 1.04 bits per heavy atom. The molecule has 0 saturated carbocycles. The largest absolute Gasteiger partial charge is 0.329 e. The minimum Gasteiger partial charge on any atom is -0.329 e. The van der Waals surface area contributed by atoms with Crippen molar-refractivity contribution in [1.82, 2.24) is 24.7 Å². The molecule has 4 rings (SSSR count). The van der Waals surface area contributed by atoms with E-state index < -0.39 is 0 Å². The first kappa shape index (κ1) is 15.9. The Morgan fingerprint density at radius 3 is 2.52 bits per heavy atom. The summed E-state index contributed by atoms with van der Waals surface area (Å²) in [7, 11) is 0. The van der Waals surface area contributed by atoms with E-state index in [4.69, 9.17) is 0 Å². The van der Waals surface area contributed by atoms with Crippen LogP contribution in [0.2, 0.25) is 0 Å². The summed E-state index contributed by atoms with van der Waals surface area (Å²) in [6.07, 6.45) is 1.75. The minimum absolute atomic E-state index is 0.0565. The summed E-state index contributed by atoms with van der Waals surface area (Å²) >= 11 is 0. The third kappa shape index (κ3) is 2.93. The van der Waals surface area contributed by atoms with E-state index in [9.17, 15) is 14.4 Å². The predicted molar refractivity (Wildman–Crippen MR) is 92.4 cm³/mol. The number of nitrogens with one attached hydrogen (secondary N) is 2. The number of piperidine rings is 1. The molecule has 2 aliphatic rings. The molecule has 0 bridgehead atoms. The molecule has 132 valence electrons. The van der Waals surface area contributed by atoms with Crippen molar-refractivity contribution >= 4 is 23.0 Å². The molecule has 8 nitrogen and oxygen atoms in total. The highest BCUT2D eigenvalue weighted by molar-refractivity contribution is 6.01. The van der Waals surface area contributed by atoms with Gasteiger partial charge >= 0.3 is 11.7 Å². The first-order valence-corrected chi connectivity index (χ1v) is 8.63. The van der Waals surface area contributed by atoms with E-state index in [0.29, 0.717) is 13.1 Å². The number of fused-ring (bicyclic) bond motifs is 1. The molecule has 25 heavy (non-hydrogen) atoms. The average molecular weight is 343 g/mol. The monoisotopic (exact) mass is 343 g/mol. The van der Waals surface area contributed by atoms with Crippen molar-refractivity contribution in [2.75, 3.05) is 32.7 Å². The number of rotatable bonds is 4. The number of para-hydroxylation sites is 2. The fraction of sp³-hybridized carbons (Fsp3) is 0.471. The Bertz CT molecular complexity index is 847. The number of carbonyl (C=O) groups excluding carboxylic acids is 2.